The summed E-state index contributed by atoms with van der Waals surface area (Å²) >= 11 is 0. The van der Waals surface area contributed by atoms with E-state index in [0.717, 1.165) is 6.08 Å². The molecule has 0 fully saturated rings. The molecule has 0 radical (unpaired) electrons. The van der Waals surface area contributed by atoms with Crippen molar-refractivity contribution in [3.63, 3.8) is 0 Å². The second-order valence-electron chi connectivity index (χ2n) is 1.37. The maximum Gasteiger partial charge on any atom is 0.264 e. The van der Waals surface area contributed by atoms with Gasteiger partial charge in [0.25, 0.3) is 5.91 Å². The van der Waals surface area contributed by atoms with Crippen molar-refractivity contribution >= 4 is 11.8 Å². The molecule has 0 heterocycles. The van der Waals surface area contributed by atoms with Crippen LogP contribution < -0.4 is 17.2 Å². The zero-order valence-corrected chi connectivity index (χ0v) is 4.63. The predicted octanol–water partition coefficient (Wildman–Crippen LogP) is -2.20. The van der Waals surface area contributed by atoms with E-state index in [4.69, 9.17) is 5.73 Å². The first kappa shape index (κ1) is 7.48. The molecule has 0 aromatic heterocycles. The number of rotatable bonds is 2. The van der Waals surface area contributed by atoms with E-state index < -0.39 is 11.8 Å². The number of amides is 2. The minimum Gasteiger partial charge on any atom is -0.394 e. The van der Waals surface area contributed by atoms with Gasteiger partial charge >= 0.3 is 0 Å². The van der Waals surface area contributed by atoms with Crippen molar-refractivity contribution in [1.29, 1.82) is 0 Å². The van der Waals surface area contributed by atoms with Gasteiger partial charge in [0.05, 0.1) is 0 Å². The Hall–Kier alpha value is -1.52. The second-order valence-corrected chi connectivity index (χ2v) is 1.37. The van der Waals surface area contributed by atoms with Crippen LogP contribution in [0.4, 0.5) is 0 Å². The molecule has 0 aromatic carbocycles. The Balaban J connectivity index is 4.17. The molecular formula is C4H7N3O2. The summed E-state index contributed by atoms with van der Waals surface area (Å²) in [4.78, 5) is 20.0. The quantitative estimate of drug-likeness (QED) is 0.368. The largest absolute Gasteiger partial charge is 0.394 e. The molecule has 6 N–H and O–H groups in total. The molecule has 2 amide bonds. The van der Waals surface area contributed by atoms with Crippen LogP contribution in [0.5, 0.6) is 0 Å². The van der Waals surface area contributed by atoms with Crippen molar-refractivity contribution in [2.75, 3.05) is 0 Å². The standard InChI is InChI=1S/C4H7N3O2/c5-2(4(7)9)1-3(6)8/h1H,5H2,(H2,6,8)(H2,7,9)/b2-1+. The average Bonchev–Trinajstić information content (AvgIpc) is 1.63. The summed E-state index contributed by atoms with van der Waals surface area (Å²) in [7, 11) is 0. The van der Waals surface area contributed by atoms with Gasteiger partial charge in [0.1, 0.15) is 5.70 Å². The van der Waals surface area contributed by atoms with Crippen molar-refractivity contribution in [3.05, 3.63) is 11.8 Å². The summed E-state index contributed by atoms with van der Waals surface area (Å²) in [6.45, 7) is 0. The normalized spacial score (nSPS) is 10.9. The molecule has 5 nitrogen and oxygen atoms in total. The number of hydrogen-bond acceptors (Lipinski definition) is 3. The van der Waals surface area contributed by atoms with Gasteiger partial charge in [0.2, 0.25) is 5.91 Å². The number of primary amides is 2. The van der Waals surface area contributed by atoms with Gasteiger partial charge < -0.3 is 17.2 Å². The Bertz CT molecular complexity index is 173. The van der Waals surface area contributed by atoms with E-state index in [-0.39, 0.29) is 5.70 Å². The molecule has 0 aromatic rings. The molecule has 0 aliphatic rings. The molecule has 0 atom stereocenters. The molecular weight excluding hydrogens is 122 g/mol. The van der Waals surface area contributed by atoms with Crippen LogP contribution in [0.3, 0.4) is 0 Å². The first-order valence-electron chi connectivity index (χ1n) is 2.10. The number of hydrogen-bond donors (Lipinski definition) is 3. The highest BCUT2D eigenvalue weighted by Gasteiger charge is 1.97. The Labute approximate surface area is 51.5 Å². The summed E-state index contributed by atoms with van der Waals surface area (Å²) in [5, 5.41) is 0. The fourth-order valence-electron chi connectivity index (χ4n) is 0.224. The van der Waals surface area contributed by atoms with Gasteiger partial charge in [-0.2, -0.15) is 0 Å². The number of nitrogens with two attached hydrogens (primary N) is 3. The molecule has 0 spiro atoms. The molecule has 0 unspecified atom stereocenters. The van der Waals surface area contributed by atoms with E-state index in [1.54, 1.807) is 0 Å². The third-order valence-electron chi connectivity index (χ3n) is 0.582. The Kier molecular flexibility index (Phi) is 2.25. The first-order chi connectivity index (χ1) is 4.04. The molecule has 0 aliphatic heterocycles. The summed E-state index contributed by atoms with van der Waals surface area (Å²) in [5.74, 6) is -1.64. The molecule has 5 heteroatoms. The second kappa shape index (κ2) is 2.71. The van der Waals surface area contributed by atoms with Gasteiger partial charge in [-0.3, -0.25) is 9.59 Å². The highest BCUT2D eigenvalue weighted by Crippen LogP contribution is 1.77. The van der Waals surface area contributed by atoms with Gasteiger partial charge in [0, 0.05) is 6.08 Å². The topological polar surface area (TPSA) is 112 Å². The SMILES string of the molecule is NC(=O)/C=C(/N)C(N)=O. The van der Waals surface area contributed by atoms with Crippen molar-refractivity contribution in [2.24, 2.45) is 17.2 Å². The minimum absolute atomic E-state index is 0.331. The van der Waals surface area contributed by atoms with Crippen LogP contribution >= 0.6 is 0 Å². The summed E-state index contributed by atoms with van der Waals surface area (Å²) in [6, 6.07) is 0. The van der Waals surface area contributed by atoms with Crippen LogP contribution in [0.25, 0.3) is 0 Å². The monoisotopic (exact) mass is 129 g/mol. The maximum absolute atomic E-state index is 10.1. The van der Waals surface area contributed by atoms with Gasteiger partial charge in [-0.05, 0) is 0 Å². The lowest BCUT2D eigenvalue weighted by atomic mass is 10.4. The Morgan fingerprint density at radius 2 is 1.56 bits per heavy atom. The summed E-state index contributed by atoms with van der Waals surface area (Å²) in [6.07, 6.45) is 0.766. The van der Waals surface area contributed by atoms with Crippen LogP contribution in [0, 0.1) is 0 Å². The van der Waals surface area contributed by atoms with Crippen LogP contribution in [-0.4, -0.2) is 11.8 Å². The van der Waals surface area contributed by atoms with E-state index in [2.05, 4.69) is 11.5 Å². The van der Waals surface area contributed by atoms with E-state index in [1.165, 1.54) is 0 Å². The van der Waals surface area contributed by atoms with Gasteiger partial charge in [-0.15, -0.1) is 0 Å². The Morgan fingerprint density at radius 3 is 1.67 bits per heavy atom. The lowest BCUT2D eigenvalue weighted by Crippen LogP contribution is -2.22. The molecule has 0 bridgehead atoms. The molecule has 0 saturated carbocycles. The van der Waals surface area contributed by atoms with Crippen molar-refractivity contribution in [1.82, 2.24) is 0 Å². The van der Waals surface area contributed by atoms with Gasteiger partial charge in [-0.25, -0.2) is 0 Å². The van der Waals surface area contributed by atoms with Crippen molar-refractivity contribution < 1.29 is 9.59 Å². The smallest absolute Gasteiger partial charge is 0.264 e. The molecule has 0 aliphatic carbocycles. The molecule has 0 rings (SSSR count). The zero-order chi connectivity index (χ0) is 7.44. The van der Waals surface area contributed by atoms with Crippen molar-refractivity contribution in [3.8, 4) is 0 Å². The lowest BCUT2D eigenvalue weighted by molar-refractivity contribution is -0.116. The molecule has 0 saturated heterocycles. The van der Waals surface area contributed by atoms with Gasteiger partial charge in [0.15, 0.2) is 0 Å². The summed E-state index contributed by atoms with van der Waals surface area (Å²) in [5.41, 5.74) is 13.8. The van der Waals surface area contributed by atoms with Crippen LogP contribution in [0.1, 0.15) is 0 Å². The van der Waals surface area contributed by atoms with Gasteiger partial charge in [-0.1, -0.05) is 0 Å². The van der Waals surface area contributed by atoms with Crippen LogP contribution in [0.15, 0.2) is 11.8 Å². The fourth-order valence-corrected chi connectivity index (χ4v) is 0.224. The average molecular weight is 129 g/mol. The lowest BCUT2D eigenvalue weighted by Gasteiger charge is -1.88. The zero-order valence-electron chi connectivity index (χ0n) is 4.63. The highest BCUT2D eigenvalue weighted by molar-refractivity contribution is 5.98. The maximum atomic E-state index is 10.1. The van der Waals surface area contributed by atoms with E-state index in [1.807, 2.05) is 0 Å². The third kappa shape index (κ3) is 3.10. The third-order valence-corrected chi connectivity index (χ3v) is 0.582. The van der Waals surface area contributed by atoms with E-state index in [9.17, 15) is 9.59 Å². The molecule has 50 valence electrons. The first-order valence-corrected chi connectivity index (χ1v) is 2.10. The van der Waals surface area contributed by atoms with Crippen LogP contribution in [0.2, 0.25) is 0 Å². The predicted molar refractivity (Wildman–Crippen MR) is 30.7 cm³/mol. The Morgan fingerprint density at radius 1 is 1.11 bits per heavy atom. The number of carbonyl (C=O) groups is 2. The molecule has 9 heavy (non-hydrogen) atoms. The highest BCUT2D eigenvalue weighted by atomic mass is 16.2. The fraction of sp³-hybridized carbons (Fsp3) is 0. The number of carbonyl (C=O) groups excluding carboxylic acids is 2. The van der Waals surface area contributed by atoms with E-state index in [0.29, 0.717) is 0 Å². The van der Waals surface area contributed by atoms with E-state index >= 15 is 0 Å². The minimum atomic E-state index is -0.853. The van der Waals surface area contributed by atoms with Crippen LogP contribution in [-0.2, 0) is 9.59 Å². The van der Waals surface area contributed by atoms with Crippen molar-refractivity contribution in [2.45, 2.75) is 0 Å². The summed E-state index contributed by atoms with van der Waals surface area (Å²) < 4.78 is 0.